The largest absolute Gasteiger partial charge is 0.456 e. The summed E-state index contributed by atoms with van der Waals surface area (Å²) in [4.78, 5) is 0. The zero-order valence-corrected chi connectivity index (χ0v) is 18.0. The first-order valence-corrected chi connectivity index (χ1v) is 10.4. The molecule has 0 unspecified atom stereocenters. The number of hydrogen-bond donors (Lipinski definition) is 0. The van der Waals surface area contributed by atoms with Crippen LogP contribution in [-0.4, -0.2) is 39.2 Å². The number of para-hydroxylation sites is 1. The third-order valence-electron chi connectivity index (χ3n) is 5.62. The molecule has 1 nitrogen and oxygen atoms in total. The Balaban J connectivity index is 1.91. The second-order valence-corrected chi connectivity index (χ2v) is 8.36. The minimum Gasteiger partial charge on any atom is -0.456 e. The van der Waals surface area contributed by atoms with Crippen LogP contribution in [0.4, 0.5) is 0 Å². The Hall–Kier alpha value is -2.52. The van der Waals surface area contributed by atoms with Gasteiger partial charge in [0.25, 0.3) is 0 Å². The van der Waals surface area contributed by atoms with Gasteiger partial charge in [-0.15, -0.1) is 16.4 Å². The lowest BCUT2D eigenvalue weighted by Crippen LogP contribution is -2.55. The van der Waals surface area contributed by atoms with E-state index in [2.05, 4.69) is 15.9 Å². The lowest BCUT2D eigenvalue weighted by Gasteiger charge is -2.22. The lowest BCUT2D eigenvalue weighted by molar-refractivity contribution is 0.669. The Morgan fingerprint density at radius 3 is 1.90 bits per heavy atom. The number of furan rings is 1. The van der Waals surface area contributed by atoms with Crippen molar-refractivity contribution in [3.8, 4) is 22.3 Å². The molecule has 0 aliphatic heterocycles. The average Bonchev–Trinajstić information content (AvgIpc) is 3.15. The monoisotopic (exact) mass is 448 g/mol. The number of benzene rings is 4. The Labute approximate surface area is 195 Å². The van der Waals surface area contributed by atoms with E-state index < -0.39 is 0 Å². The summed E-state index contributed by atoms with van der Waals surface area (Å²) in [6.45, 7) is 0. The lowest BCUT2D eigenvalue weighted by atomic mass is 9.59. The standard InChI is InChI=1S/C24H10B5BrO/c25-20-18(21(26)23(28)24(29)22(20)27)12-9-15(11-5-7-13(30)8-6-11)19-14-3-1-2-4-16(14)31-17(19)10-12/h1-10H. The van der Waals surface area contributed by atoms with Crippen molar-refractivity contribution in [1.29, 1.82) is 0 Å². The van der Waals surface area contributed by atoms with Gasteiger partial charge >= 0.3 is 0 Å². The van der Waals surface area contributed by atoms with Gasteiger partial charge in [0.2, 0.25) is 0 Å². The second kappa shape index (κ2) is 7.56. The Morgan fingerprint density at radius 1 is 0.613 bits per heavy atom. The van der Waals surface area contributed by atoms with Crippen LogP contribution in [0.3, 0.4) is 0 Å². The van der Waals surface area contributed by atoms with Crippen molar-refractivity contribution in [3.63, 3.8) is 0 Å². The number of hydrogen-bond acceptors (Lipinski definition) is 1. The average molecular weight is 448 g/mol. The maximum absolute atomic E-state index is 6.34. The van der Waals surface area contributed by atoms with Crippen LogP contribution >= 0.6 is 15.9 Å². The molecule has 0 aliphatic carbocycles. The molecular formula is C24H10B5BrO. The van der Waals surface area contributed by atoms with Crippen molar-refractivity contribution in [2.75, 3.05) is 0 Å². The van der Waals surface area contributed by atoms with E-state index >= 15 is 0 Å². The molecule has 0 amide bonds. The maximum Gasteiger partial charge on any atom is 0.136 e. The first-order valence-electron chi connectivity index (χ1n) is 9.59. The van der Waals surface area contributed by atoms with Crippen LogP contribution in [0.2, 0.25) is 0 Å². The van der Waals surface area contributed by atoms with Gasteiger partial charge in [-0.25, -0.2) is 0 Å². The fraction of sp³-hybridized carbons (Fsp3) is 0. The van der Waals surface area contributed by atoms with Crippen LogP contribution in [0, 0.1) is 0 Å². The summed E-state index contributed by atoms with van der Waals surface area (Å²) in [5.74, 6) is 0. The molecule has 0 spiro atoms. The predicted octanol–water partition coefficient (Wildman–Crippen LogP) is 1.65. The van der Waals surface area contributed by atoms with E-state index in [0.29, 0.717) is 22.1 Å². The molecule has 0 N–H and O–H groups in total. The van der Waals surface area contributed by atoms with Crippen molar-refractivity contribution < 1.29 is 4.42 Å². The van der Waals surface area contributed by atoms with Gasteiger partial charge in [0.15, 0.2) is 0 Å². The summed E-state index contributed by atoms with van der Waals surface area (Å²) in [6.07, 6.45) is 0. The third-order valence-corrected chi connectivity index (χ3v) is 6.15. The maximum atomic E-state index is 6.34. The molecule has 0 saturated carbocycles. The van der Waals surface area contributed by atoms with E-state index in [4.69, 9.17) is 43.6 Å². The molecular weight excluding hydrogens is 438 g/mol. The highest BCUT2D eigenvalue weighted by Gasteiger charge is 2.18. The van der Waals surface area contributed by atoms with Gasteiger partial charge in [0.05, 0.1) is 0 Å². The fourth-order valence-electron chi connectivity index (χ4n) is 4.02. The van der Waals surface area contributed by atoms with E-state index in [1.54, 1.807) is 0 Å². The predicted molar refractivity (Wildman–Crippen MR) is 139 cm³/mol. The van der Waals surface area contributed by atoms with E-state index in [0.717, 1.165) is 37.5 Å². The quantitative estimate of drug-likeness (QED) is 0.375. The second-order valence-electron chi connectivity index (χ2n) is 7.45. The molecule has 1 heterocycles. The molecule has 0 fully saturated rings. The van der Waals surface area contributed by atoms with E-state index in [1.165, 1.54) is 0 Å². The molecule has 1 aromatic heterocycles. The zero-order chi connectivity index (χ0) is 21.9. The Morgan fingerprint density at radius 2 is 1.23 bits per heavy atom. The number of rotatable bonds is 2. The highest BCUT2D eigenvalue weighted by atomic mass is 79.9. The highest BCUT2D eigenvalue weighted by Crippen LogP contribution is 2.39. The molecule has 5 aromatic rings. The van der Waals surface area contributed by atoms with Crippen LogP contribution in [0.5, 0.6) is 0 Å². The Kier molecular flexibility index (Phi) is 4.98. The minimum absolute atomic E-state index is 0.191. The molecule has 31 heavy (non-hydrogen) atoms. The molecule has 0 bridgehead atoms. The number of fused-ring (bicyclic) bond motifs is 3. The van der Waals surface area contributed by atoms with Crippen molar-refractivity contribution in [2.45, 2.75) is 0 Å². The Bertz CT molecular complexity index is 1460. The molecule has 0 atom stereocenters. The van der Waals surface area contributed by atoms with Crippen molar-refractivity contribution in [3.05, 3.63) is 65.1 Å². The zero-order valence-electron chi connectivity index (χ0n) is 16.4. The molecule has 134 valence electrons. The van der Waals surface area contributed by atoms with Gasteiger partial charge in [0.1, 0.15) is 50.4 Å². The summed E-state index contributed by atoms with van der Waals surface area (Å²) in [5, 5.41) is 2.04. The van der Waals surface area contributed by atoms with Gasteiger partial charge < -0.3 is 4.42 Å². The van der Waals surface area contributed by atoms with Crippen molar-refractivity contribution >= 4 is 104 Å². The van der Waals surface area contributed by atoms with Crippen LogP contribution in [-0.2, 0) is 0 Å². The molecule has 0 saturated heterocycles. The SMILES string of the molecule is [B]c1c([B])c([B])c(-c2cc(-c3ccc(Br)cc3)c3c(c2)oc2ccccc23)c([B])c1[B]. The topological polar surface area (TPSA) is 13.1 Å². The summed E-state index contributed by atoms with van der Waals surface area (Å²) < 4.78 is 7.18. The first-order chi connectivity index (χ1) is 14.9. The summed E-state index contributed by atoms with van der Waals surface area (Å²) >= 11 is 3.50. The highest BCUT2D eigenvalue weighted by molar-refractivity contribution is 9.10. The summed E-state index contributed by atoms with van der Waals surface area (Å²) in [5.41, 5.74) is 6.03. The normalized spacial score (nSPS) is 11.4. The molecule has 5 rings (SSSR count). The number of halogens is 1. The van der Waals surface area contributed by atoms with Crippen LogP contribution < -0.4 is 27.3 Å². The third kappa shape index (κ3) is 3.22. The first kappa shape index (κ1) is 20.4. The van der Waals surface area contributed by atoms with Crippen LogP contribution in [0.1, 0.15) is 0 Å². The smallest absolute Gasteiger partial charge is 0.136 e. The van der Waals surface area contributed by atoms with Crippen molar-refractivity contribution in [1.82, 2.24) is 0 Å². The van der Waals surface area contributed by atoms with Crippen LogP contribution in [0.25, 0.3) is 44.2 Å². The van der Waals surface area contributed by atoms with Crippen LogP contribution in [0.15, 0.2) is 69.6 Å². The fourth-order valence-corrected chi connectivity index (χ4v) is 4.28. The van der Waals surface area contributed by atoms with E-state index in [9.17, 15) is 0 Å². The van der Waals surface area contributed by atoms with Gasteiger partial charge in [0, 0.05) is 15.2 Å². The summed E-state index contributed by atoms with van der Waals surface area (Å²) in [7, 11) is 30.9. The van der Waals surface area contributed by atoms with Gasteiger partial charge in [-0.05, 0) is 52.6 Å². The molecule has 7 heteroatoms. The molecule has 4 aromatic carbocycles. The van der Waals surface area contributed by atoms with Crippen molar-refractivity contribution in [2.24, 2.45) is 0 Å². The van der Waals surface area contributed by atoms with Gasteiger partial charge in [-0.1, -0.05) is 57.2 Å². The van der Waals surface area contributed by atoms with Gasteiger partial charge in [-0.3, -0.25) is 0 Å². The molecule has 10 radical (unpaired) electrons. The molecule has 0 aliphatic rings. The minimum atomic E-state index is 0.191. The van der Waals surface area contributed by atoms with Gasteiger partial charge in [-0.2, -0.15) is 0 Å². The summed E-state index contributed by atoms with van der Waals surface area (Å²) in [6, 6.07) is 20.0. The van der Waals surface area contributed by atoms with E-state index in [1.807, 2.05) is 60.7 Å². The van der Waals surface area contributed by atoms with E-state index in [-0.39, 0.29) is 16.4 Å².